The van der Waals surface area contributed by atoms with Gasteiger partial charge < -0.3 is 0 Å². The smallest absolute Gasteiger partial charge is 0.261 e. The minimum absolute atomic E-state index is 0.0539. The van der Waals surface area contributed by atoms with Crippen molar-refractivity contribution in [3.05, 3.63) is 82.3 Å². The number of anilines is 2. The molecule has 0 aromatic heterocycles. The lowest BCUT2D eigenvalue weighted by Crippen LogP contribution is -2.14. The van der Waals surface area contributed by atoms with Crippen LogP contribution in [0.3, 0.4) is 0 Å². The van der Waals surface area contributed by atoms with E-state index in [4.69, 9.17) is 23.2 Å². The van der Waals surface area contributed by atoms with E-state index >= 15 is 0 Å². The molecule has 6 nitrogen and oxygen atoms in total. The fourth-order valence-corrected chi connectivity index (χ4v) is 5.06. The summed E-state index contributed by atoms with van der Waals surface area (Å²) in [6.07, 6.45) is 0. The highest BCUT2D eigenvalue weighted by atomic mass is 35.5. The fraction of sp³-hybridized carbons (Fsp3) is 0.0526. The molecule has 0 fully saturated rings. The second kappa shape index (κ2) is 8.23. The molecule has 0 aliphatic carbocycles. The predicted molar refractivity (Wildman–Crippen MR) is 116 cm³/mol. The van der Waals surface area contributed by atoms with Gasteiger partial charge in [-0.05, 0) is 61.5 Å². The van der Waals surface area contributed by atoms with Crippen molar-refractivity contribution in [1.82, 2.24) is 0 Å². The van der Waals surface area contributed by atoms with Gasteiger partial charge in [-0.1, -0.05) is 40.9 Å². The predicted octanol–water partition coefficient (Wildman–Crippen LogP) is 4.90. The van der Waals surface area contributed by atoms with Gasteiger partial charge in [-0.3, -0.25) is 9.44 Å². The van der Waals surface area contributed by atoms with Crippen LogP contribution in [0.2, 0.25) is 10.0 Å². The topological polar surface area (TPSA) is 92.3 Å². The number of nitrogens with one attached hydrogen (secondary N) is 2. The van der Waals surface area contributed by atoms with Crippen molar-refractivity contribution in [3.8, 4) is 0 Å². The number of halogens is 2. The minimum Gasteiger partial charge on any atom is -0.280 e. The first-order valence-electron chi connectivity index (χ1n) is 8.24. The van der Waals surface area contributed by atoms with E-state index in [2.05, 4.69) is 9.44 Å². The van der Waals surface area contributed by atoms with Crippen molar-refractivity contribution < 1.29 is 16.8 Å². The normalized spacial score (nSPS) is 11.8. The van der Waals surface area contributed by atoms with Gasteiger partial charge in [0.1, 0.15) is 0 Å². The van der Waals surface area contributed by atoms with Crippen LogP contribution in [0.4, 0.5) is 11.4 Å². The van der Waals surface area contributed by atoms with Crippen molar-refractivity contribution in [3.63, 3.8) is 0 Å². The van der Waals surface area contributed by atoms with Crippen LogP contribution >= 0.6 is 23.2 Å². The third-order valence-electron chi connectivity index (χ3n) is 3.92. The third-order valence-corrected chi connectivity index (χ3v) is 7.25. The molecule has 3 aromatic rings. The summed E-state index contributed by atoms with van der Waals surface area (Å²) in [7, 11) is -7.70. The van der Waals surface area contributed by atoms with Crippen LogP contribution in [0.25, 0.3) is 0 Å². The zero-order valence-electron chi connectivity index (χ0n) is 15.1. The zero-order chi connectivity index (χ0) is 21.2. The standard InChI is InChI=1S/C19H16Cl2N2O4S2/c1-13-2-7-16(8-3-13)28(24,25)22-15-5-9-17(10-6-15)29(26,27)23-19-11-4-14(20)12-18(19)21/h2-12,22-23H,1H3. The molecular formula is C19H16Cl2N2O4S2. The molecule has 0 bridgehead atoms. The van der Waals surface area contributed by atoms with Gasteiger partial charge >= 0.3 is 0 Å². The molecule has 3 aromatic carbocycles. The molecule has 152 valence electrons. The first-order valence-corrected chi connectivity index (χ1v) is 12.0. The van der Waals surface area contributed by atoms with Gasteiger partial charge in [0.2, 0.25) is 0 Å². The summed E-state index contributed by atoms with van der Waals surface area (Å²) in [5.74, 6) is 0. The van der Waals surface area contributed by atoms with Crippen molar-refractivity contribution in [2.45, 2.75) is 16.7 Å². The number of aryl methyl sites for hydroxylation is 1. The Bertz CT molecular complexity index is 1240. The van der Waals surface area contributed by atoms with Crippen molar-refractivity contribution in [2.75, 3.05) is 9.44 Å². The average Bonchev–Trinajstić information content (AvgIpc) is 2.64. The van der Waals surface area contributed by atoms with Crippen LogP contribution in [-0.4, -0.2) is 16.8 Å². The van der Waals surface area contributed by atoms with E-state index in [0.717, 1.165) is 5.56 Å². The van der Waals surface area contributed by atoms with Crippen molar-refractivity contribution in [1.29, 1.82) is 0 Å². The van der Waals surface area contributed by atoms with Crippen molar-refractivity contribution in [2.24, 2.45) is 0 Å². The molecule has 10 heteroatoms. The van der Waals surface area contributed by atoms with Crippen LogP contribution in [-0.2, 0) is 20.0 Å². The maximum atomic E-state index is 12.5. The molecule has 2 N–H and O–H groups in total. The van der Waals surface area contributed by atoms with E-state index in [1.165, 1.54) is 54.6 Å². The lowest BCUT2D eigenvalue weighted by molar-refractivity contribution is 0.600. The Labute approximate surface area is 179 Å². The first-order chi connectivity index (χ1) is 13.6. The van der Waals surface area contributed by atoms with Gasteiger partial charge in [-0.15, -0.1) is 0 Å². The molecule has 0 atom stereocenters. The van der Waals surface area contributed by atoms with E-state index < -0.39 is 20.0 Å². The molecule has 0 aliphatic rings. The van der Waals surface area contributed by atoms with E-state index in [9.17, 15) is 16.8 Å². The molecule has 0 radical (unpaired) electrons. The summed E-state index contributed by atoms with van der Waals surface area (Å²) in [6.45, 7) is 1.86. The maximum Gasteiger partial charge on any atom is 0.261 e. The monoisotopic (exact) mass is 470 g/mol. The average molecular weight is 471 g/mol. The largest absolute Gasteiger partial charge is 0.280 e. The minimum atomic E-state index is -3.92. The fourth-order valence-electron chi connectivity index (χ4n) is 2.41. The van der Waals surface area contributed by atoms with Crippen LogP contribution in [0.15, 0.2) is 76.5 Å². The molecule has 0 heterocycles. The van der Waals surface area contributed by atoms with E-state index in [1.54, 1.807) is 12.1 Å². The molecule has 0 saturated heterocycles. The number of hydrogen-bond donors (Lipinski definition) is 2. The Kier molecular flexibility index (Phi) is 6.09. The van der Waals surface area contributed by atoms with E-state index in [0.29, 0.717) is 5.02 Å². The summed E-state index contributed by atoms with van der Waals surface area (Å²) >= 11 is 11.8. The summed E-state index contributed by atoms with van der Waals surface area (Å²) < 4.78 is 54.8. The van der Waals surface area contributed by atoms with Crippen molar-refractivity contribution >= 4 is 54.6 Å². The van der Waals surface area contributed by atoms with Crippen LogP contribution in [0.1, 0.15) is 5.56 Å². The van der Waals surface area contributed by atoms with Crippen LogP contribution in [0.5, 0.6) is 0 Å². The summed E-state index contributed by atoms with van der Waals surface area (Å²) in [4.78, 5) is 0.0562. The lowest BCUT2D eigenvalue weighted by atomic mass is 10.2. The maximum absolute atomic E-state index is 12.5. The Morgan fingerprint density at radius 1 is 0.690 bits per heavy atom. The van der Waals surface area contributed by atoms with E-state index in [-0.39, 0.29) is 26.2 Å². The van der Waals surface area contributed by atoms with Gasteiger partial charge in [-0.2, -0.15) is 0 Å². The highest BCUT2D eigenvalue weighted by molar-refractivity contribution is 7.93. The zero-order valence-corrected chi connectivity index (χ0v) is 18.2. The molecule has 0 aliphatic heterocycles. The molecule has 0 amide bonds. The quantitative estimate of drug-likeness (QED) is 0.535. The Balaban J connectivity index is 1.79. The summed E-state index contributed by atoms with van der Waals surface area (Å²) in [5, 5.41) is 0.534. The molecule has 29 heavy (non-hydrogen) atoms. The number of sulfonamides is 2. The molecule has 0 saturated carbocycles. The van der Waals surface area contributed by atoms with Gasteiger partial charge in [0.05, 0.1) is 20.5 Å². The lowest BCUT2D eigenvalue weighted by Gasteiger charge is -2.11. The molecular weight excluding hydrogens is 455 g/mol. The third kappa shape index (κ3) is 5.22. The van der Waals surface area contributed by atoms with Crippen LogP contribution in [0, 0.1) is 6.92 Å². The molecule has 0 unspecified atom stereocenters. The first kappa shape index (κ1) is 21.4. The highest BCUT2D eigenvalue weighted by Gasteiger charge is 2.18. The second-order valence-electron chi connectivity index (χ2n) is 6.17. The SMILES string of the molecule is Cc1ccc(S(=O)(=O)Nc2ccc(S(=O)(=O)Nc3ccc(Cl)cc3Cl)cc2)cc1. The summed E-state index contributed by atoms with van der Waals surface area (Å²) in [5.41, 5.74) is 1.35. The number of benzene rings is 3. The highest BCUT2D eigenvalue weighted by Crippen LogP contribution is 2.28. The molecule has 3 rings (SSSR count). The van der Waals surface area contributed by atoms with E-state index in [1.807, 2.05) is 6.92 Å². The second-order valence-corrected chi connectivity index (χ2v) is 10.4. The van der Waals surface area contributed by atoms with Crippen LogP contribution < -0.4 is 9.44 Å². The van der Waals surface area contributed by atoms with Gasteiger partial charge in [0.25, 0.3) is 20.0 Å². The Morgan fingerprint density at radius 2 is 1.21 bits per heavy atom. The summed E-state index contributed by atoms with van der Waals surface area (Å²) in [6, 6.07) is 16.1. The molecule has 0 spiro atoms. The number of hydrogen-bond acceptors (Lipinski definition) is 4. The number of rotatable bonds is 6. The van der Waals surface area contributed by atoms with Gasteiger partial charge in [-0.25, -0.2) is 16.8 Å². The van der Waals surface area contributed by atoms with Gasteiger partial charge in [0, 0.05) is 10.7 Å². The van der Waals surface area contributed by atoms with Gasteiger partial charge in [0.15, 0.2) is 0 Å². The Hall–Kier alpha value is -2.26. The Morgan fingerprint density at radius 3 is 1.76 bits per heavy atom.